The fourth-order valence-electron chi connectivity index (χ4n) is 2.22. The van der Waals surface area contributed by atoms with E-state index in [1.165, 1.54) is 17.9 Å². The summed E-state index contributed by atoms with van der Waals surface area (Å²) in [5.74, 6) is -2.34. The number of carbonyl (C=O) groups is 1. The van der Waals surface area contributed by atoms with Crippen molar-refractivity contribution in [3.05, 3.63) is 34.9 Å². The Balaban J connectivity index is 2.22. The Hall–Kier alpha value is -1.96. The SMILES string of the molecule is Cc1ccc(F)c(C(=O)N2CCC(C#N)CC2)c1F. The second-order valence-corrected chi connectivity index (χ2v) is 4.75. The Morgan fingerprint density at radius 2 is 2.00 bits per heavy atom. The van der Waals surface area contributed by atoms with E-state index in [2.05, 4.69) is 6.07 Å². The molecule has 1 aliphatic rings. The molecule has 0 saturated carbocycles. The number of nitriles is 1. The number of benzene rings is 1. The molecule has 5 heteroatoms. The number of aryl methyl sites for hydroxylation is 1. The summed E-state index contributed by atoms with van der Waals surface area (Å²) in [4.78, 5) is 13.6. The molecule has 1 aromatic rings. The van der Waals surface area contributed by atoms with Gasteiger partial charge in [-0.25, -0.2) is 8.78 Å². The highest BCUT2D eigenvalue weighted by atomic mass is 19.1. The molecule has 1 aliphatic heterocycles. The molecule has 0 radical (unpaired) electrons. The van der Waals surface area contributed by atoms with Gasteiger partial charge in [-0.2, -0.15) is 5.26 Å². The predicted octanol–water partition coefficient (Wildman–Crippen LogP) is 2.65. The van der Waals surface area contributed by atoms with Crippen LogP contribution in [-0.4, -0.2) is 23.9 Å². The van der Waals surface area contributed by atoms with Gasteiger partial charge in [0.2, 0.25) is 0 Å². The third-order valence-corrected chi connectivity index (χ3v) is 3.46. The Kier molecular flexibility index (Phi) is 3.79. The minimum Gasteiger partial charge on any atom is -0.338 e. The average Bonchev–Trinajstić information content (AvgIpc) is 2.43. The second-order valence-electron chi connectivity index (χ2n) is 4.75. The smallest absolute Gasteiger partial charge is 0.259 e. The van der Waals surface area contributed by atoms with Gasteiger partial charge in [-0.1, -0.05) is 6.07 Å². The number of hydrogen-bond donors (Lipinski definition) is 0. The summed E-state index contributed by atoms with van der Waals surface area (Å²) in [7, 11) is 0. The van der Waals surface area contributed by atoms with Crippen LogP contribution in [0.15, 0.2) is 12.1 Å². The van der Waals surface area contributed by atoms with E-state index in [1.54, 1.807) is 0 Å². The minimum atomic E-state index is -0.837. The summed E-state index contributed by atoms with van der Waals surface area (Å²) in [6, 6.07) is 4.56. The van der Waals surface area contributed by atoms with Crippen molar-refractivity contribution in [2.75, 3.05) is 13.1 Å². The molecule has 0 bridgehead atoms. The van der Waals surface area contributed by atoms with Crippen LogP contribution >= 0.6 is 0 Å². The van der Waals surface area contributed by atoms with Gasteiger partial charge in [0.25, 0.3) is 5.91 Å². The molecular formula is C14H14F2N2O. The van der Waals surface area contributed by atoms with Gasteiger partial charge < -0.3 is 4.90 Å². The first-order chi connectivity index (χ1) is 9.04. The van der Waals surface area contributed by atoms with Crippen molar-refractivity contribution < 1.29 is 13.6 Å². The van der Waals surface area contributed by atoms with Crippen molar-refractivity contribution in [1.82, 2.24) is 4.90 Å². The first kappa shape index (κ1) is 13.5. The molecule has 0 N–H and O–H groups in total. The fraction of sp³-hybridized carbons (Fsp3) is 0.429. The molecule has 3 nitrogen and oxygen atoms in total. The number of carbonyl (C=O) groups excluding carboxylic acids is 1. The van der Waals surface area contributed by atoms with Gasteiger partial charge in [-0.3, -0.25) is 4.79 Å². The van der Waals surface area contributed by atoms with E-state index in [1.807, 2.05) is 0 Å². The molecule has 19 heavy (non-hydrogen) atoms. The third-order valence-electron chi connectivity index (χ3n) is 3.46. The van der Waals surface area contributed by atoms with Crippen molar-refractivity contribution in [2.24, 2.45) is 5.92 Å². The van der Waals surface area contributed by atoms with E-state index in [9.17, 15) is 13.6 Å². The zero-order valence-electron chi connectivity index (χ0n) is 10.6. The van der Waals surface area contributed by atoms with E-state index in [0.29, 0.717) is 25.9 Å². The maximum absolute atomic E-state index is 13.9. The second kappa shape index (κ2) is 5.35. The number of piperidine rings is 1. The summed E-state index contributed by atoms with van der Waals surface area (Å²) >= 11 is 0. The van der Waals surface area contributed by atoms with Gasteiger partial charge in [0, 0.05) is 19.0 Å². The molecule has 0 aliphatic carbocycles. The van der Waals surface area contributed by atoms with Crippen molar-refractivity contribution in [3.63, 3.8) is 0 Å². The van der Waals surface area contributed by atoms with Crippen LogP contribution in [0.2, 0.25) is 0 Å². The summed E-state index contributed by atoms with van der Waals surface area (Å²) in [5, 5.41) is 8.78. The molecule has 0 unspecified atom stereocenters. The highest BCUT2D eigenvalue weighted by molar-refractivity contribution is 5.95. The average molecular weight is 264 g/mol. The van der Waals surface area contributed by atoms with Crippen LogP contribution in [0.4, 0.5) is 8.78 Å². The molecule has 1 fully saturated rings. The maximum atomic E-state index is 13.9. The number of hydrogen-bond acceptors (Lipinski definition) is 2. The number of amides is 1. The molecule has 100 valence electrons. The molecule has 0 aromatic heterocycles. The molecule has 0 atom stereocenters. The standard InChI is InChI=1S/C14H14F2N2O/c1-9-2-3-11(15)12(13(9)16)14(19)18-6-4-10(8-17)5-7-18/h2-3,10H,4-7H2,1H3. The van der Waals surface area contributed by atoms with Gasteiger partial charge >= 0.3 is 0 Å². The third kappa shape index (κ3) is 2.58. The zero-order chi connectivity index (χ0) is 14.0. The number of nitrogens with zero attached hydrogens (tertiary/aromatic N) is 2. The van der Waals surface area contributed by atoms with Gasteiger partial charge in [0.15, 0.2) is 0 Å². The summed E-state index contributed by atoms with van der Waals surface area (Å²) < 4.78 is 27.5. The van der Waals surface area contributed by atoms with Crippen molar-refractivity contribution in [1.29, 1.82) is 5.26 Å². The number of likely N-dealkylation sites (tertiary alicyclic amines) is 1. The fourth-order valence-corrected chi connectivity index (χ4v) is 2.22. The van der Waals surface area contributed by atoms with Crippen molar-refractivity contribution in [3.8, 4) is 6.07 Å². The number of rotatable bonds is 1. The molecule has 1 saturated heterocycles. The topological polar surface area (TPSA) is 44.1 Å². The van der Waals surface area contributed by atoms with E-state index in [4.69, 9.17) is 5.26 Å². The first-order valence-corrected chi connectivity index (χ1v) is 6.18. The molecule has 0 spiro atoms. The quantitative estimate of drug-likeness (QED) is 0.782. The van der Waals surface area contributed by atoms with E-state index in [0.717, 1.165) is 6.07 Å². The largest absolute Gasteiger partial charge is 0.338 e. The molecule has 2 rings (SSSR count). The van der Waals surface area contributed by atoms with Gasteiger partial charge in [0.05, 0.1) is 6.07 Å². The summed E-state index contributed by atoms with van der Waals surface area (Å²) in [6.45, 7) is 2.22. The lowest BCUT2D eigenvalue weighted by molar-refractivity contribution is 0.0697. The first-order valence-electron chi connectivity index (χ1n) is 6.18. The van der Waals surface area contributed by atoms with E-state index < -0.39 is 23.1 Å². The summed E-state index contributed by atoms with van der Waals surface area (Å²) in [6.07, 6.45) is 1.11. The molecular weight excluding hydrogens is 250 g/mol. The maximum Gasteiger partial charge on any atom is 0.259 e. The van der Waals surface area contributed by atoms with Crippen LogP contribution in [0.25, 0.3) is 0 Å². The van der Waals surface area contributed by atoms with Crippen molar-refractivity contribution >= 4 is 5.91 Å². The van der Waals surface area contributed by atoms with Crippen LogP contribution < -0.4 is 0 Å². The lowest BCUT2D eigenvalue weighted by atomic mass is 9.97. The van der Waals surface area contributed by atoms with E-state index in [-0.39, 0.29) is 11.5 Å². The highest BCUT2D eigenvalue weighted by Gasteiger charge is 2.27. The molecule has 1 amide bonds. The predicted molar refractivity (Wildman–Crippen MR) is 65.3 cm³/mol. The zero-order valence-corrected chi connectivity index (χ0v) is 10.6. The Bertz CT molecular complexity index is 543. The monoisotopic (exact) mass is 264 g/mol. The van der Waals surface area contributed by atoms with Crippen LogP contribution in [0, 0.1) is 35.8 Å². The van der Waals surface area contributed by atoms with Crippen molar-refractivity contribution in [2.45, 2.75) is 19.8 Å². The molecule has 1 heterocycles. The lowest BCUT2D eigenvalue weighted by Gasteiger charge is -2.29. The van der Waals surface area contributed by atoms with Crippen LogP contribution in [0.3, 0.4) is 0 Å². The van der Waals surface area contributed by atoms with Gasteiger partial charge in [0.1, 0.15) is 17.2 Å². The van der Waals surface area contributed by atoms with Crippen LogP contribution in [0.1, 0.15) is 28.8 Å². The highest BCUT2D eigenvalue weighted by Crippen LogP contribution is 2.22. The van der Waals surface area contributed by atoms with Gasteiger partial charge in [-0.05, 0) is 31.4 Å². The molecule has 1 aromatic carbocycles. The Morgan fingerprint density at radius 3 is 2.58 bits per heavy atom. The Morgan fingerprint density at radius 1 is 1.37 bits per heavy atom. The van der Waals surface area contributed by atoms with E-state index >= 15 is 0 Å². The lowest BCUT2D eigenvalue weighted by Crippen LogP contribution is -2.39. The van der Waals surface area contributed by atoms with Crippen LogP contribution in [0.5, 0.6) is 0 Å². The Labute approximate surface area is 110 Å². The summed E-state index contributed by atoms with van der Waals surface area (Å²) in [5.41, 5.74) is -0.243. The van der Waals surface area contributed by atoms with Gasteiger partial charge in [-0.15, -0.1) is 0 Å². The minimum absolute atomic E-state index is 0.0729. The number of halogens is 2. The van der Waals surface area contributed by atoms with Crippen LogP contribution in [-0.2, 0) is 0 Å². The normalized spacial score (nSPS) is 16.2.